The predicted molar refractivity (Wildman–Crippen MR) is 94.4 cm³/mol. The van der Waals surface area contributed by atoms with Crippen LogP contribution in [0, 0.1) is 5.92 Å². The van der Waals surface area contributed by atoms with Crippen LogP contribution >= 0.6 is 11.3 Å². The van der Waals surface area contributed by atoms with Crippen LogP contribution in [0.15, 0.2) is 41.8 Å². The maximum absolute atomic E-state index is 12.5. The molecule has 1 aliphatic carbocycles. The van der Waals surface area contributed by atoms with Crippen molar-refractivity contribution in [1.29, 1.82) is 0 Å². The summed E-state index contributed by atoms with van der Waals surface area (Å²) in [6.07, 6.45) is 1.61. The molecule has 1 unspecified atom stereocenters. The number of nitrogens with zero attached hydrogens (tertiary/aromatic N) is 1. The number of thiophene rings is 1. The number of likely N-dealkylation sites (N-methyl/N-ethyl adjacent to an activating group) is 1. The summed E-state index contributed by atoms with van der Waals surface area (Å²) in [6.45, 7) is 0.329. The second kappa shape index (κ2) is 7.15. The molecule has 2 aromatic rings. The van der Waals surface area contributed by atoms with E-state index in [1.54, 1.807) is 37.4 Å². The first-order valence-corrected chi connectivity index (χ1v) is 8.81. The number of benzene rings is 1. The number of anilines is 1. The standard InChI is InChI=1S/C18H20N2O3S/c1-20(11-15(21)12-7-8-12)18(23)13-4-2-5-14(10-13)19-17(22)16-6-3-9-24-16/h2-6,9-10,12,15,21H,7-8,11H2,1H3,(H,19,22). The van der Waals surface area contributed by atoms with Crippen molar-refractivity contribution in [1.82, 2.24) is 4.90 Å². The largest absolute Gasteiger partial charge is 0.391 e. The van der Waals surface area contributed by atoms with Gasteiger partial charge in [0, 0.05) is 24.8 Å². The van der Waals surface area contributed by atoms with Crippen molar-refractivity contribution >= 4 is 28.8 Å². The highest BCUT2D eigenvalue weighted by atomic mass is 32.1. The van der Waals surface area contributed by atoms with Crippen LogP contribution < -0.4 is 5.32 Å². The van der Waals surface area contributed by atoms with Crippen LogP contribution in [0.1, 0.15) is 32.9 Å². The molecule has 1 saturated carbocycles. The Kier molecular flexibility index (Phi) is 4.97. The topological polar surface area (TPSA) is 69.6 Å². The van der Waals surface area contributed by atoms with Crippen LogP contribution in [0.4, 0.5) is 5.69 Å². The van der Waals surface area contributed by atoms with E-state index in [1.165, 1.54) is 16.2 Å². The molecule has 5 nitrogen and oxygen atoms in total. The number of rotatable bonds is 6. The minimum atomic E-state index is -0.458. The Morgan fingerprint density at radius 1 is 1.33 bits per heavy atom. The van der Waals surface area contributed by atoms with Crippen LogP contribution in [-0.2, 0) is 0 Å². The van der Waals surface area contributed by atoms with E-state index in [1.807, 2.05) is 11.4 Å². The lowest BCUT2D eigenvalue weighted by Gasteiger charge is -2.21. The molecule has 6 heteroatoms. The average Bonchev–Trinajstić information content (AvgIpc) is 3.28. The van der Waals surface area contributed by atoms with E-state index in [-0.39, 0.29) is 11.8 Å². The van der Waals surface area contributed by atoms with Crippen molar-refractivity contribution in [2.24, 2.45) is 5.92 Å². The van der Waals surface area contributed by atoms with Crippen molar-refractivity contribution in [3.8, 4) is 0 Å². The molecule has 0 radical (unpaired) electrons. The zero-order valence-electron chi connectivity index (χ0n) is 13.4. The summed E-state index contributed by atoms with van der Waals surface area (Å²) in [6, 6.07) is 10.4. The molecule has 1 aromatic heterocycles. The Morgan fingerprint density at radius 3 is 2.79 bits per heavy atom. The zero-order valence-corrected chi connectivity index (χ0v) is 14.3. The molecule has 1 fully saturated rings. The highest BCUT2D eigenvalue weighted by Crippen LogP contribution is 2.32. The van der Waals surface area contributed by atoms with Crippen LogP contribution in [0.5, 0.6) is 0 Å². The third kappa shape index (κ3) is 4.01. The van der Waals surface area contributed by atoms with Crippen molar-refractivity contribution in [2.45, 2.75) is 18.9 Å². The summed E-state index contributed by atoms with van der Waals surface area (Å²) in [5, 5.41) is 14.6. The molecule has 0 spiro atoms. The second-order valence-electron chi connectivity index (χ2n) is 6.10. The first-order valence-electron chi connectivity index (χ1n) is 7.93. The van der Waals surface area contributed by atoms with Gasteiger partial charge >= 0.3 is 0 Å². The molecule has 126 valence electrons. The van der Waals surface area contributed by atoms with Gasteiger partial charge in [0.05, 0.1) is 11.0 Å². The molecule has 0 saturated heterocycles. The van der Waals surface area contributed by atoms with E-state index in [0.717, 1.165) is 12.8 Å². The maximum Gasteiger partial charge on any atom is 0.265 e. The summed E-state index contributed by atoms with van der Waals surface area (Å²) in [5.41, 5.74) is 1.07. The Balaban J connectivity index is 1.65. The van der Waals surface area contributed by atoms with E-state index in [0.29, 0.717) is 28.6 Å². The fourth-order valence-electron chi connectivity index (χ4n) is 2.54. The fourth-order valence-corrected chi connectivity index (χ4v) is 3.16. The van der Waals surface area contributed by atoms with Gasteiger partial charge in [0.25, 0.3) is 11.8 Å². The van der Waals surface area contributed by atoms with Gasteiger partial charge in [-0.1, -0.05) is 12.1 Å². The van der Waals surface area contributed by atoms with Gasteiger partial charge in [0.15, 0.2) is 0 Å². The van der Waals surface area contributed by atoms with E-state index in [9.17, 15) is 14.7 Å². The number of nitrogens with one attached hydrogen (secondary N) is 1. The number of amides is 2. The Labute approximate surface area is 144 Å². The molecule has 3 rings (SSSR count). The lowest BCUT2D eigenvalue weighted by molar-refractivity contribution is 0.0645. The third-order valence-electron chi connectivity index (χ3n) is 4.09. The summed E-state index contributed by atoms with van der Waals surface area (Å²) >= 11 is 1.37. The summed E-state index contributed by atoms with van der Waals surface area (Å²) in [4.78, 5) is 26.7. The molecule has 1 aromatic carbocycles. The van der Waals surface area contributed by atoms with Gasteiger partial charge in [-0.2, -0.15) is 0 Å². The second-order valence-corrected chi connectivity index (χ2v) is 7.05. The summed E-state index contributed by atoms with van der Waals surface area (Å²) < 4.78 is 0. The third-order valence-corrected chi connectivity index (χ3v) is 4.95. The van der Waals surface area contributed by atoms with E-state index >= 15 is 0 Å². The van der Waals surface area contributed by atoms with Gasteiger partial charge < -0.3 is 15.3 Å². The molecule has 1 aliphatic rings. The number of aliphatic hydroxyl groups is 1. The lowest BCUT2D eigenvalue weighted by Crippen LogP contribution is -2.35. The predicted octanol–water partition coefficient (Wildman–Crippen LogP) is 2.84. The van der Waals surface area contributed by atoms with Gasteiger partial charge in [0.1, 0.15) is 0 Å². The lowest BCUT2D eigenvalue weighted by atomic mass is 10.1. The smallest absolute Gasteiger partial charge is 0.265 e. The molecule has 24 heavy (non-hydrogen) atoms. The van der Waals surface area contributed by atoms with Crippen LogP contribution in [-0.4, -0.2) is 41.5 Å². The van der Waals surface area contributed by atoms with Crippen molar-refractivity contribution < 1.29 is 14.7 Å². The molecule has 2 amide bonds. The van der Waals surface area contributed by atoms with Crippen LogP contribution in [0.3, 0.4) is 0 Å². The minimum Gasteiger partial charge on any atom is -0.391 e. The number of hydrogen-bond acceptors (Lipinski definition) is 4. The van der Waals surface area contributed by atoms with Crippen molar-refractivity contribution in [3.63, 3.8) is 0 Å². The first kappa shape index (κ1) is 16.7. The SMILES string of the molecule is CN(CC(O)C1CC1)C(=O)c1cccc(NC(=O)c2cccs2)c1. The van der Waals surface area contributed by atoms with Gasteiger partial charge in [-0.25, -0.2) is 0 Å². The van der Waals surface area contributed by atoms with E-state index in [4.69, 9.17) is 0 Å². The molecule has 1 atom stereocenters. The number of carbonyl (C=O) groups excluding carboxylic acids is 2. The molecule has 0 aliphatic heterocycles. The first-order chi connectivity index (χ1) is 11.5. The highest BCUT2D eigenvalue weighted by Gasteiger charge is 2.31. The molecule has 1 heterocycles. The Bertz CT molecular complexity index is 726. The highest BCUT2D eigenvalue weighted by molar-refractivity contribution is 7.12. The van der Waals surface area contributed by atoms with Gasteiger partial charge in [0.2, 0.25) is 0 Å². The van der Waals surface area contributed by atoms with Crippen LogP contribution in [0.2, 0.25) is 0 Å². The Hall–Kier alpha value is -2.18. The maximum atomic E-state index is 12.5. The van der Waals surface area contributed by atoms with Gasteiger partial charge in [-0.3, -0.25) is 9.59 Å². The number of carbonyl (C=O) groups is 2. The number of aliphatic hydroxyl groups excluding tert-OH is 1. The Morgan fingerprint density at radius 2 is 2.12 bits per heavy atom. The van der Waals surface area contributed by atoms with Gasteiger partial charge in [-0.15, -0.1) is 11.3 Å². The monoisotopic (exact) mass is 344 g/mol. The minimum absolute atomic E-state index is 0.165. The molecule has 2 N–H and O–H groups in total. The summed E-state index contributed by atoms with van der Waals surface area (Å²) in [7, 11) is 1.69. The summed E-state index contributed by atoms with van der Waals surface area (Å²) in [5.74, 6) is -0.0225. The van der Waals surface area contributed by atoms with Crippen molar-refractivity contribution in [2.75, 3.05) is 18.9 Å². The van der Waals surface area contributed by atoms with Gasteiger partial charge in [-0.05, 0) is 48.4 Å². The number of hydrogen-bond donors (Lipinski definition) is 2. The quantitative estimate of drug-likeness (QED) is 0.846. The average molecular weight is 344 g/mol. The van der Waals surface area contributed by atoms with E-state index in [2.05, 4.69) is 5.32 Å². The zero-order chi connectivity index (χ0) is 17.1. The molecular formula is C18H20N2O3S. The molecule has 0 bridgehead atoms. The molecular weight excluding hydrogens is 324 g/mol. The normalized spacial score (nSPS) is 14.9. The fraction of sp³-hybridized carbons (Fsp3) is 0.333. The van der Waals surface area contributed by atoms with Crippen LogP contribution in [0.25, 0.3) is 0 Å². The van der Waals surface area contributed by atoms with Crippen molar-refractivity contribution in [3.05, 3.63) is 52.2 Å². The van der Waals surface area contributed by atoms with E-state index < -0.39 is 6.10 Å².